The molecule has 0 fully saturated rings. The lowest BCUT2D eigenvalue weighted by Crippen LogP contribution is -2.20. The first-order chi connectivity index (χ1) is 11.6. The van der Waals surface area contributed by atoms with Gasteiger partial charge in [-0.3, -0.25) is 9.59 Å². The Morgan fingerprint density at radius 1 is 1.25 bits per heavy atom. The fraction of sp³-hybridized carbons (Fsp3) is 0.368. The zero-order chi connectivity index (χ0) is 17.1. The highest BCUT2D eigenvalue weighted by Crippen LogP contribution is 2.33. The van der Waals surface area contributed by atoms with Gasteiger partial charge in [-0.2, -0.15) is 0 Å². The van der Waals surface area contributed by atoms with E-state index in [4.69, 9.17) is 0 Å². The first-order valence-corrected chi connectivity index (χ1v) is 9.15. The number of hydrogen-bond acceptors (Lipinski definition) is 3. The van der Waals surface area contributed by atoms with Crippen LogP contribution in [0.4, 0.5) is 5.69 Å². The van der Waals surface area contributed by atoms with Crippen molar-refractivity contribution in [3.63, 3.8) is 0 Å². The molecule has 0 saturated carbocycles. The lowest BCUT2D eigenvalue weighted by molar-refractivity contribution is -0.119. The van der Waals surface area contributed by atoms with Crippen molar-refractivity contribution in [3.8, 4) is 0 Å². The summed E-state index contributed by atoms with van der Waals surface area (Å²) in [6.07, 6.45) is 3.58. The van der Waals surface area contributed by atoms with Crippen LogP contribution in [0.3, 0.4) is 0 Å². The molecule has 1 aliphatic carbocycles. The quantitative estimate of drug-likeness (QED) is 0.894. The molecule has 1 aromatic heterocycles. The SMILES string of the molecule is CNC(=O)Cc1ccc(NC(=O)c2csc3c2CCC(C)C3)cc1. The van der Waals surface area contributed by atoms with Crippen molar-refractivity contribution in [1.82, 2.24) is 5.32 Å². The summed E-state index contributed by atoms with van der Waals surface area (Å²) in [5.41, 5.74) is 3.72. The summed E-state index contributed by atoms with van der Waals surface area (Å²) in [5.74, 6) is 0.645. The topological polar surface area (TPSA) is 58.2 Å². The Labute approximate surface area is 146 Å². The molecule has 5 heteroatoms. The van der Waals surface area contributed by atoms with Crippen molar-refractivity contribution in [2.45, 2.75) is 32.6 Å². The molecule has 1 unspecified atom stereocenters. The maximum atomic E-state index is 12.6. The Bertz CT molecular complexity index is 749. The highest BCUT2D eigenvalue weighted by atomic mass is 32.1. The number of carbonyl (C=O) groups excluding carboxylic acids is 2. The maximum Gasteiger partial charge on any atom is 0.256 e. The Hall–Kier alpha value is -2.14. The van der Waals surface area contributed by atoms with Gasteiger partial charge in [-0.1, -0.05) is 19.1 Å². The number of amides is 2. The molecule has 2 aromatic rings. The summed E-state index contributed by atoms with van der Waals surface area (Å²) in [4.78, 5) is 25.3. The van der Waals surface area contributed by atoms with Crippen molar-refractivity contribution in [2.75, 3.05) is 12.4 Å². The second kappa shape index (κ2) is 7.18. The molecule has 1 aliphatic rings. The first-order valence-electron chi connectivity index (χ1n) is 8.27. The van der Waals surface area contributed by atoms with Gasteiger partial charge in [-0.05, 0) is 48.4 Å². The number of fused-ring (bicyclic) bond motifs is 1. The third-order valence-electron chi connectivity index (χ3n) is 4.50. The van der Waals surface area contributed by atoms with Gasteiger partial charge >= 0.3 is 0 Å². The average molecular weight is 342 g/mol. The molecule has 3 rings (SSSR count). The molecule has 0 spiro atoms. The van der Waals surface area contributed by atoms with Gasteiger partial charge in [0.25, 0.3) is 5.91 Å². The van der Waals surface area contributed by atoms with Crippen LogP contribution in [0.25, 0.3) is 0 Å². The zero-order valence-electron chi connectivity index (χ0n) is 14.0. The summed E-state index contributed by atoms with van der Waals surface area (Å²) in [6.45, 7) is 2.27. The van der Waals surface area contributed by atoms with Crippen LogP contribution in [0.5, 0.6) is 0 Å². The fourth-order valence-electron chi connectivity index (χ4n) is 3.05. The van der Waals surface area contributed by atoms with E-state index in [1.165, 1.54) is 10.4 Å². The zero-order valence-corrected chi connectivity index (χ0v) is 14.8. The highest BCUT2D eigenvalue weighted by Gasteiger charge is 2.23. The molecule has 1 atom stereocenters. The van der Waals surface area contributed by atoms with Crippen LogP contribution < -0.4 is 10.6 Å². The molecule has 126 valence electrons. The molecule has 2 N–H and O–H groups in total. The summed E-state index contributed by atoms with van der Waals surface area (Å²) < 4.78 is 0. The number of carbonyl (C=O) groups is 2. The second-order valence-electron chi connectivity index (χ2n) is 6.40. The summed E-state index contributed by atoms with van der Waals surface area (Å²) >= 11 is 1.70. The van der Waals surface area contributed by atoms with Crippen molar-refractivity contribution in [2.24, 2.45) is 5.92 Å². The van der Waals surface area contributed by atoms with Crippen LogP contribution >= 0.6 is 11.3 Å². The van der Waals surface area contributed by atoms with E-state index in [1.807, 2.05) is 29.6 Å². The summed E-state index contributed by atoms with van der Waals surface area (Å²) in [7, 11) is 1.62. The molecule has 0 aliphatic heterocycles. The molecule has 24 heavy (non-hydrogen) atoms. The van der Waals surface area contributed by atoms with Crippen LogP contribution in [-0.2, 0) is 24.1 Å². The van der Waals surface area contributed by atoms with Gasteiger partial charge in [0.1, 0.15) is 0 Å². The van der Waals surface area contributed by atoms with E-state index in [2.05, 4.69) is 17.6 Å². The van der Waals surface area contributed by atoms with E-state index in [-0.39, 0.29) is 11.8 Å². The monoisotopic (exact) mass is 342 g/mol. The molecule has 4 nitrogen and oxygen atoms in total. The van der Waals surface area contributed by atoms with Gasteiger partial charge in [0, 0.05) is 23.0 Å². The van der Waals surface area contributed by atoms with E-state index in [0.29, 0.717) is 12.3 Å². The van der Waals surface area contributed by atoms with Crippen LogP contribution in [0.1, 0.15) is 39.7 Å². The number of thiophene rings is 1. The van der Waals surface area contributed by atoms with Gasteiger partial charge < -0.3 is 10.6 Å². The van der Waals surface area contributed by atoms with Crippen molar-refractivity contribution < 1.29 is 9.59 Å². The Morgan fingerprint density at radius 3 is 2.71 bits per heavy atom. The van der Waals surface area contributed by atoms with Gasteiger partial charge in [0.2, 0.25) is 5.91 Å². The largest absolute Gasteiger partial charge is 0.359 e. The van der Waals surface area contributed by atoms with Gasteiger partial charge in [-0.25, -0.2) is 0 Å². The average Bonchev–Trinajstić information content (AvgIpc) is 2.99. The predicted octanol–water partition coefficient (Wildman–Crippen LogP) is 3.41. The smallest absolute Gasteiger partial charge is 0.256 e. The Balaban J connectivity index is 1.68. The van der Waals surface area contributed by atoms with Crippen LogP contribution in [-0.4, -0.2) is 18.9 Å². The third-order valence-corrected chi connectivity index (χ3v) is 5.55. The number of nitrogens with one attached hydrogen (secondary N) is 2. The van der Waals surface area contributed by atoms with Crippen molar-refractivity contribution >= 4 is 28.8 Å². The molecule has 1 heterocycles. The minimum Gasteiger partial charge on any atom is -0.359 e. The normalized spacial score (nSPS) is 16.3. The van der Waals surface area contributed by atoms with Gasteiger partial charge in [-0.15, -0.1) is 11.3 Å². The van der Waals surface area contributed by atoms with E-state index < -0.39 is 0 Å². The molecule has 2 amide bonds. The lowest BCUT2D eigenvalue weighted by Gasteiger charge is -2.18. The molecule has 0 bridgehead atoms. The summed E-state index contributed by atoms with van der Waals surface area (Å²) in [6, 6.07) is 7.43. The number of anilines is 1. The Kier molecular flexibility index (Phi) is 5.00. The standard InChI is InChI=1S/C19H22N2O2S/c1-12-3-8-15-16(11-24-17(15)9-12)19(23)21-14-6-4-13(5-7-14)10-18(22)20-2/h4-7,11-12H,3,8-10H2,1-2H3,(H,20,22)(H,21,23). The number of likely N-dealkylation sites (N-methyl/N-ethyl adjacent to an activating group) is 1. The molecule has 1 aromatic carbocycles. The van der Waals surface area contributed by atoms with E-state index >= 15 is 0 Å². The second-order valence-corrected chi connectivity index (χ2v) is 7.36. The molecule has 0 saturated heterocycles. The summed E-state index contributed by atoms with van der Waals surface area (Å²) in [5, 5.41) is 7.55. The molecular weight excluding hydrogens is 320 g/mol. The van der Waals surface area contributed by atoms with E-state index in [0.717, 1.165) is 36.1 Å². The molecular formula is C19H22N2O2S. The molecule has 0 radical (unpaired) electrons. The van der Waals surface area contributed by atoms with Gasteiger partial charge in [0.15, 0.2) is 0 Å². The van der Waals surface area contributed by atoms with E-state index in [9.17, 15) is 9.59 Å². The minimum absolute atomic E-state index is 0.0223. The minimum atomic E-state index is -0.0406. The number of benzene rings is 1. The Morgan fingerprint density at radius 2 is 2.00 bits per heavy atom. The van der Waals surface area contributed by atoms with E-state index in [1.54, 1.807) is 18.4 Å². The van der Waals surface area contributed by atoms with Crippen LogP contribution in [0.15, 0.2) is 29.6 Å². The van der Waals surface area contributed by atoms with Crippen LogP contribution in [0, 0.1) is 5.92 Å². The van der Waals surface area contributed by atoms with Crippen LogP contribution in [0.2, 0.25) is 0 Å². The fourth-order valence-corrected chi connectivity index (χ4v) is 4.29. The predicted molar refractivity (Wildman–Crippen MR) is 97.7 cm³/mol. The third kappa shape index (κ3) is 3.67. The highest BCUT2D eigenvalue weighted by molar-refractivity contribution is 7.10. The number of hydrogen-bond donors (Lipinski definition) is 2. The maximum absolute atomic E-state index is 12.6. The first kappa shape index (κ1) is 16.7. The van der Waals surface area contributed by atoms with Crippen molar-refractivity contribution in [1.29, 1.82) is 0 Å². The van der Waals surface area contributed by atoms with Crippen molar-refractivity contribution in [3.05, 3.63) is 51.2 Å². The lowest BCUT2D eigenvalue weighted by atomic mass is 9.88. The number of rotatable bonds is 4. The van der Waals surface area contributed by atoms with Gasteiger partial charge in [0.05, 0.1) is 12.0 Å².